The SMILES string of the molecule is CC/C=C(\C)c1ccc(C(C)(C)C)cc1. The van der Waals surface area contributed by atoms with Crippen LogP contribution < -0.4 is 0 Å². The van der Waals surface area contributed by atoms with Crippen LogP contribution >= 0.6 is 0 Å². The van der Waals surface area contributed by atoms with Gasteiger partial charge in [0, 0.05) is 0 Å². The molecular formula is C15H22. The van der Waals surface area contributed by atoms with Crippen LogP contribution in [-0.2, 0) is 5.41 Å². The predicted octanol–water partition coefficient (Wildman–Crippen LogP) is 4.80. The first-order valence-corrected chi connectivity index (χ1v) is 5.73. The molecule has 0 atom stereocenters. The van der Waals surface area contributed by atoms with Crippen LogP contribution in [0.2, 0.25) is 0 Å². The Bertz CT molecular complexity index is 333. The van der Waals surface area contributed by atoms with Crippen LogP contribution in [0.25, 0.3) is 5.57 Å². The molecule has 0 heterocycles. The molecule has 1 rings (SSSR count). The van der Waals surface area contributed by atoms with E-state index in [-0.39, 0.29) is 5.41 Å². The number of allylic oxidation sites excluding steroid dienone is 2. The summed E-state index contributed by atoms with van der Waals surface area (Å²) >= 11 is 0. The number of hydrogen-bond acceptors (Lipinski definition) is 0. The number of rotatable bonds is 2. The van der Waals surface area contributed by atoms with Gasteiger partial charge in [-0.15, -0.1) is 0 Å². The zero-order valence-corrected chi connectivity index (χ0v) is 10.6. The van der Waals surface area contributed by atoms with E-state index in [0.717, 1.165) is 6.42 Å². The van der Waals surface area contributed by atoms with Crippen LogP contribution in [0.15, 0.2) is 30.3 Å². The molecule has 0 aliphatic carbocycles. The summed E-state index contributed by atoms with van der Waals surface area (Å²) in [5, 5.41) is 0. The normalized spacial score (nSPS) is 13.0. The molecule has 0 aliphatic rings. The summed E-state index contributed by atoms with van der Waals surface area (Å²) in [5.74, 6) is 0. The topological polar surface area (TPSA) is 0 Å². The molecule has 82 valence electrons. The third-order valence-electron chi connectivity index (χ3n) is 2.72. The van der Waals surface area contributed by atoms with Gasteiger partial charge < -0.3 is 0 Å². The Labute approximate surface area is 94.0 Å². The number of benzene rings is 1. The molecule has 15 heavy (non-hydrogen) atoms. The maximum absolute atomic E-state index is 2.27. The van der Waals surface area contributed by atoms with Gasteiger partial charge in [0.1, 0.15) is 0 Å². The van der Waals surface area contributed by atoms with Crippen molar-refractivity contribution in [2.24, 2.45) is 0 Å². The summed E-state index contributed by atoms with van der Waals surface area (Å²) in [5.41, 5.74) is 4.36. The van der Waals surface area contributed by atoms with Gasteiger partial charge >= 0.3 is 0 Å². The lowest BCUT2D eigenvalue weighted by Gasteiger charge is -2.19. The maximum atomic E-state index is 2.27. The molecule has 0 amide bonds. The largest absolute Gasteiger partial charge is 0.0813 e. The Hall–Kier alpha value is -1.04. The molecule has 0 aromatic heterocycles. The fourth-order valence-electron chi connectivity index (χ4n) is 1.66. The highest BCUT2D eigenvalue weighted by Crippen LogP contribution is 2.24. The van der Waals surface area contributed by atoms with E-state index in [1.54, 1.807) is 0 Å². The van der Waals surface area contributed by atoms with E-state index in [1.807, 2.05) is 0 Å². The van der Waals surface area contributed by atoms with Crippen LogP contribution in [0.3, 0.4) is 0 Å². The molecule has 0 saturated carbocycles. The summed E-state index contributed by atoms with van der Waals surface area (Å²) in [6.45, 7) is 11.1. The average molecular weight is 202 g/mol. The van der Waals surface area contributed by atoms with Gasteiger partial charge in [0.2, 0.25) is 0 Å². The van der Waals surface area contributed by atoms with Crippen molar-refractivity contribution in [3.63, 3.8) is 0 Å². The van der Waals surface area contributed by atoms with Crippen molar-refractivity contribution in [2.75, 3.05) is 0 Å². The Morgan fingerprint density at radius 1 is 1.13 bits per heavy atom. The molecule has 0 heteroatoms. The van der Waals surface area contributed by atoms with E-state index in [2.05, 4.69) is 65.0 Å². The zero-order valence-electron chi connectivity index (χ0n) is 10.6. The Morgan fingerprint density at radius 2 is 1.67 bits per heavy atom. The monoisotopic (exact) mass is 202 g/mol. The fraction of sp³-hybridized carbons (Fsp3) is 0.467. The van der Waals surface area contributed by atoms with E-state index < -0.39 is 0 Å². The van der Waals surface area contributed by atoms with Crippen LogP contribution in [0, 0.1) is 0 Å². The summed E-state index contributed by atoms with van der Waals surface area (Å²) in [6.07, 6.45) is 3.37. The second-order valence-electron chi connectivity index (χ2n) is 5.12. The minimum absolute atomic E-state index is 0.251. The first-order valence-electron chi connectivity index (χ1n) is 5.73. The summed E-state index contributed by atoms with van der Waals surface area (Å²) in [6, 6.07) is 8.93. The number of hydrogen-bond donors (Lipinski definition) is 0. The van der Waals surface area contributed by atoms with Crippen molar-refractivity contribution in [2.45, 2.75) is 46.5 Å². The van der Waals surface area contributed by atoms with Gasteiger partial charge in [-0.25, -0.2) is 0 Å². The van der Waals surface area contributed by atoms with E-state index in [0.29, 0.717) is 0 Å². The van der Waals surface area contributed by atoms with Gasteiger partial charge in [0.25, 0.3) is 0 Å². The van der Waals surface area contributed by atoms with Crippen molar-refractivity contribution in [3.8, 4) is 0 Å². The van der Waals surface area contributed by atoms with Crippen LogP contribution in [0.4, 0.5) is 0 Å². The van der Waals surface area contributed by atoms with Crippen LogP contribution in [0.1, 0.15) is 52.2 Å². The summed E-state index contributed by atoms with van der Waals surface area (Å²) in [4.78, 5) is 0. The van der Waals surface area contributed by atoms with E-state index in [4.69, 9.17) is 0 Å². The highest BCUT2D eigenvalue weighted by Gasteiger charge is 2.12. The molecule has 0 aliphatic heterocycles. The van der Waals surface area contributed by atoms with E-state index in [9.17, 15) is 0 Å². The maximum Gasteiger partial charge on any atom is -0.0132 e. The minimum Gasteiger partial charge on any atom is -0.0813 e. The minimum atomic E-state index is 0.251. The molecule has 0 saturated heterocycles. The molecule has 0 unspecified atom stereocenters. The second kappa shape index (κ2) is 4.65. The summed E-state index contributed by atoms with van der Waals surface area (Å²) in [7, 11) is 0. The zero-order chi connectivity index (χ0) is 11.5. The quantitative estimate of drug-likeness (QED) is 0.646. The molecular weight excluding hydrogens is 180 g/mol. The standard InChI is InChI=1S/C15H22/c1-6-7-12(2)13-8-10-14(11-9-13)15(3,4)5/h7-11H,6H2,1-5H3/b12-7+. The molecule has 0 spiro atoms. The Kier molecular flexibility index (Phi) is 3.73. The average Bonchev–Trinajstić information content (AvgIpc) is 2.17. The van der Waals surface area contributed by atoms with Crippen molar-refractivity contribution in [3.05, 3.63) is 41.5 Å². The van der Waals surface area contributed by atoms with E-state index in [1.165, 1.54) is 16.7 Å². The van der Waals surface area contributed by atoms with Gasteiger partial charge in [0.05, 0.1) is 0 Å². The third-order valence-corrected chi connectivity index (χ3v) is 2.72. The third kappa shape index (κ3) is 3.23. The van der Waals surface area contributed by atoms with E-state index >= 15 is 0 Å². The Morgan fingerprint density at radius 3 is 2.07 bits per heavy atom. The molecule has 0 fully saturated rings. The first kappa shape index (κ1) is 12.0. The molecule has 1 aromatic rings. The van der Waals surface area contributed by atoms with Crippen molar-refractivity contribution in [1.29, 1.82) is 0 Å². The highest BCUT2D eigenvalue weighted by molar-refractivity contribution is 5.63. The van der Waals surface area contributed by atoms with Gasteiger partial charge in [-0.3, -0.25) is 0 Å². The fourth-order valence-corrected chi connectivity index (χ4v) is 1.66. The first-order chi connectivity index (χ1) is 6.95. The molecule has 0 nitrogen and oxygen atoms in total. The lowest BCUT2D eigenvalue weighted by Crippen LogP contribution is -2.10. The van der Waals surface area contributed by atoms with Gasteiger partial charge in [-0.1, -0.05) is 58.0 Å². The van der Waals surface area contributed by atoms with Crippen LogP contribution in [0.5, 0.6) is 0 Å². The summed E-state index contributed by atoms with van der Waals surface area (Å²) < 4.78 is 0. The molecule has 0 radical (unpaired) electrons. The van der Waals surface area contributed by atoms with Gasteiger partial charge in [0.15, 0.2) is 0 Å². The smallest absolute Gasteiger partial charge is 0.0132 e. The van der Waals surface area contributed by atoms with Crippen LogP contribution in [-0.4, -0.2) is 0 Å². The highest BCUT2D eigenvalue weighted by atomic mass is 14.2. The van der Waals surface area contributed by atoms with Crippen molar-refractivity contribution >= 4 is 5.57 Å². The predicted molar refractivity (Wildman–Crippen MR) is 69.1 cm³/mol. The Balaban J connectivity index is 2.96. The van der Waals surface area contributed by atoms with Gasteiger partial charge in [-0.2, -0.15) is 0 Å². The second-order valence-corrected chi connectivity index (χ2v) is 5.12. The molecule has 0 N–H and O–H groups in total. The van der Waals surface area contributed by atoms with Crippen molar-refractivity contribution in [1.82, 2.24) is 0 Å². The lowest BCUT2D eigenvalue weighted by atomic mass is 9.86. The molecule has 1 aromatic carbocycles. The molecule has 0 bridgehead atoms. The van der Waals surface area contributed by atoms with Crippen molar-refractivity contribution < 1.29 is 0 Å². The lowest BCUT2D eigenvalue weighted by molar-refractivity contribution is 0.590. The van der Waals surface area contributed by atoms with Gasteiger partial charge in [-0.05, 0) is 35.5 Å².